The molecule has 1 aliphatic heterocycles. The standard InChI is InChI=1S/C17H20N2O5/c1-12-17(22)19(13-6-3-4-7-14(13)24-12)11-9-15(20)18-10-5-8-16(21)23-2/h3-8,12H,9-11H2,1-2H3,(H,18,20)/b8-5+. The molecule has 0 radical (unpaired) electrons. The van der Waals surface area contributed by atoms with E-state index in [1.54, 1.807) is 24.0 Å². The number of carbonyl (C=O) groups is 3. The molecule has 2 amide bonds. The molecule has 0 bridgehead atoms. The lowest BCUT2D eigenvalue weighted by Gasteiger charge is -2.32. The number of amides is 2. The Morgan fingerprint density at radius 3 is 2.88 bits per heavy atom. The van der Waals surface area contributed by atoms with Crippen LogP contribution in [0.4, 0.5) is 5.69 Å². The molecule has 0 saturated heterocycles. The predicted molar refractivity (Wildman–Crippen MR) is 87.7 cm³/mol. The average Bonchev–Trinajstić information content (AvgIpc) is 2.58. The number of nitrogens with one attached hydrogen (secondary N) is 1. The molecule has 7 nitrogen and oxygen atoms in total. The molecule has 1 aliphatic rings. The van der Waals surface area contributed by atoms with Crippen LogP contribution in [-0.4, -0.2) is 44.1 Å². The van der Waals surface area contributed by atoms with E-state index < -0.39 is 12.1 Å². The van der Waals surface area contributed by atoms with Crippen LogP contribution < -0.4 is 15.0 Å². The summed E-state index contributed by atoms with van der Waals surface area (Å²) in [5, 5.41) is 2.65. The van der Waals surface area contributed by atoms with E-state index >= 15 is 0 Å². The van der Waals surface area contributed by atoms with Gasteiger partial charge in [0.1, 0.15) is 5.75 Å². The summed E-state index contributed by atoms with van der Waals surface area (Å²) >= 11 is 0. The molecule has 0 aliphatic carbocycles. The lowest BCUT2D eigenvalue weighted by molar-refractivity contribution is -0.135. The first-order chi connectivity index (χ1) is 11.5. The Hall–Kier alpha value is -2.83. The Morgan fingerprint density at radius 2 is 2.12 bits per heavy atom. The van der Waals surface area contributed by atoms with Gasteiger partial charge in [0.2, 0.25) is 5.91 Å². The zero-order chi connectivity index (χ0) is 17.5. The lowest BCUT2D eigenvalue weighted by Crippen LogP contribution is -2.45. The van der Waals surface area contributed by atoms with Gasteiger partial charge in [0.15, 0.2) is 6.10 Å². The van der Waals surface area contributed by atoms with Gasteiger partial charge in [0.05, 0.1) is 12.8 Å². The van der Waals surface area contributed by atoms with Crippen LogP contribution in [0.1, 0.15) is 13.3 Å². The number of nitrogens with zero attached hydrogens (tertiary/aromatic N) is 1. The van der Waals surface area contributed by atoms with Crippen molar-refractivity contribution >= 4 is 23.5 Å². The number of ether oxygens (including phenoxy) is 2. The Kier molecular flexibility index (Phi) is 5.95. The smallest absolute Gasteiger partial charge is 0.330 e. The van der Waals surface area contributed by atoms with Gasteiger partial charge >= 0.3 is 5.97 Å². The molecule has 0 saturated carbocycles. The first kappa shape index (κ1) is 17.5. The maximum atomic E-state index is 12.3. The summed E-state index contributed by atoms with van der Waals surface area (Å²) in [6.45, 7) is 2.16. The summed E-state index contributed by atoms with van der Waals surface area (Å²) < 4.78 is 9.99. The van der Waals surface area contributed by atoms with E-state index in [1.165, 1.54) is 19.3 Å². The molecule has 1 atom stereocenters. The molecule has 2 rings (SSSR count). The molecular formula is C17H20N2O5. The fourth-order valence-corrected chi connectivity index (χ4v) is 2.29. The zero-order valence-electron chi connectivity index (χ0n) is 13.7. The van der Waals surface area contributed by atoms with Gasteiger partial charge < -0.3 is 19.7 Å². The second kappa shape index (κ2) is 8.14. The number of hydrogen-bond donors (Lipinski definition) is 1. The highest BCUT2D eigenvalue weighted by Gasteiger charge is 2.31. The van der Waals surface area contributed by atoms with E-state index in [4.69, 9.17) is 4.74 Å². The quantitative estimate of drug-likeness (QED) is 0.621. The third-order valence-corrected chi connectivity index (χ3v) is 3.51. The molecule has 0 aromatic heterocycles. The van der Waals surface area contributed by atoms with Gasteiger partial charge in [-0.3, -0.25) is 9.59 Å². The number of para-hydroxylation sites is 2. The zero-order valence-corrected chi connectivity index (χ0v) is 13.7. The summed E-state index contributed by atoms with van der Waals surface area (Å²) in [6, 6.07) is 7.23. The first-order valence-corrected chi connectivity index (χ1v) is 7.61. The molecule has 1 N–H and O–H groups in total. The summed E-state index contributed by atoms with van der Waals surface area (Å²) in [4.78, 5) is 36.6. The van der Waals surface area contributed by atoms with Gasteiger partial charge in [0.25, 0.3) is 5.91 Å². The SMILES string of the molecule is COC(=O)/C=C/CNC(=O)CCN1C(=O)C(C)Oc2ccccc21. The van der Waals surface area contributed by atoms with Crippen LogP contribution in [0.2, 0.25) is 0 Å². The predicted octanol–water partition coefficient (Wildman–Crippen LogP) is 1.04. The number of fused-ring (bicyclic) bond motifs is 1. The van der Waals surface area contributed by atoms with Crippen LogP contribution in [0.25, 0.3) is 0 Å². The van der Waals surface area contributed by atoms with Crippen molar-refractivity contribution in [2.45, 2.75) is 19.4 Å². The van der Waals surface area contributed by atoms with Crippen molar-refractivity contribution in [3.63, 3.8) is 0 Å². The van der Waals surface area contributed by atoms with Gasteiger partial charge in [-0.25, -0.2) is 4.79 Å². The van der Waals surface area contributed by atoms with Crippen molar-refractivity contribution in [1.82, 2.24) is 5.32 Å². The van der Waals surface area contributed by atoms with E-state index in [0.29, 0.717) is 11.4 Å². The van der Waals surface area contributed by atoms with Crippen LogP contribution >= 0.6 is 0 Å². The van der Waals surface area contributed by atoms with E-state index in [9.17, 15) is 14.4 Å². The minimum absolute atomic E-state index is 0.152. The Labute approximate surface area is 140 Å². The Morgan fingerprint density at radius 1 is 1.38 bits per heavy atom. The fourth-order valence-electron chi connectivity index (χ4n) is 2.29. The van der Waals surface area contributed by atoms with E-state index in [2.05, 4.69) is 10.1 Å². The number of benzene rings is 1. The number of methoxy groups -OCH3 is 1. The number of esters is 1. The molecule has 1 aromatic rings. The number of rotatable bonds is 6. The minimum Gasteiger partial charge on any atom is -0.479 e. The van der Waals surface area contributed by atoms with Gasteiger partial charge in [-0.05, 0) is 19.1 Å². The summed E-state index contributed by atoms with van der Waals surface area (Å²) in [6.07, 6.45) is 2.31. The third kappa shape index (κ3) is 4.34. The topological polar surface area (TPSA) is 84.9 Å². The van der Waals surface area contributed by atoms with E-state index in [-0.39, 0.29) is 31.3 Å². The van der Waals surface area contributed by atoms with Crippen molar-refractivity contribution in [2.24, 2.45) is 0 Å². The van der Waals surface area contributed by atoms with Crippen molar-refractivity contribution in [3.05, 3.63) is 36.4 Å². The van der Waals surface area contributed by atoms with Crippen molar-refractivity contribution in [2.75, 3.05) is 25.1 Å². The molecule has 128 valence electrons. The molecule has 0 spiro atoms. The van der Waals surface area contributed by atoms with Crippen molar-refractivity contribution in [3.8, 4) is 5.75 Å². The first-order valence-electron chi connectivity index (χ1n) is 7.61. The molecule has 1 aromatic carbocycles. The molecule has 24 heavy (non-hydrogen) atoms. The molecule has 1 heterocycles. The molecule has 7 heteroatoms. The summed E-state index contributed by atoms with van der Waals surface area (Å²) in [7, 11) is 1.28. The average molecular weight is 332 g/mol. The number of anilines is 1. The summed E-state index contributed by atoms with van der Waals surface area (Å²) in [5.41, 5.74) is 0.666. The Balaban J connectivity index is 1.89. The molecular weight excluding hydrogens is 312 g/mol. The van der Waals surface area contributed by atoms with E-state index in [0.717, 1.165) is 0 Å². The summed E-state index contributed by atoms with van der Waals surface area (Å²) in [5.74, 6) is -0.235. The minimum atomic E-state index is -0.578. The highest BCUT2D eigenvalue weighted by atomic mass is 16.5. The van der Waals surface area contributed by atoms with Crippen LogP contribution in [0.5, 0.6) is 5.75 Å². The maximum absolute atomic E-state index is 12.3. The molecule has 0 fully saturated rings. The molecule has 1 unspecified atom stereocenters. The monoisotopic (exact) mass is 332 g/mol. The maximum Gasteiger partial charge on any atom is 0.330 e. The number of carbonyl (C=O) groups excluding carboxylic acids is 3. The van der Waals surface area contributed by atoms with Gasteiger partial charge in [-0.15, -0.1) is 0 Å². The second-order valence-corrected chi connectivity index (χ2v) is 5.20. The highest BCUT2D eigenvalue weighted by Crippen LogP contribution is 2.33. The van der Waals surface area contributed by atoms with Gasteiger partial charge in [-0.2, -0.15) is 0 Å². The van der Waals surface area contributed by atoms with Crippen LogP contribution in [0, 0.1) is 0 Å². The Bertz CT molecular complexity index is 656. The van der Waals surface area contributed by atoms with Gasteiger partial charge in [0, 0.05) is 25.6 Å². The van der Waals surface area contributed by atoms with Crippen LogP contribution in [-0.2, 0) is 19.1 Å². The highest BCUT2D eigenvalue weighted by molar-refractivity contribution is 6.00. The van der Waals surface area contributed by atoms with Crippen LogP contribution in [0.15, 0.2) is 36.4 Å². The second-order valence-electron chi connectivity index (χ2n) is 5.20. The van der Waals surface area contributed by atoms with Crippen molar-refractivity contribution in [1.29, 1.82) is 0 Å². The van der Waals surface area contributed by atoms with Gasteiger partial charge in [-0.1, -0.05) is 18.2 Å². The van der Waals surface area contributed by atoms with Crippen LogP contribution in [0.3, 0.4) is 0 Å². The van der Waals surface area contributed by atoms with E-state index in [1.807, 2.05) is 12.1 Å². The third-order valence-electron chi connectivity index (χ3n) is 3.51. The van der Waals surface area contributed by atoms with Crippen molar-refractivity contribution < 1.29 is 23.9 Å². The number of hydrogen-bond acceptors (Lipinski definition) is 5. The lowest BCUT2D eigenvalue weighted by atomic mass is 10.1. The fraction of sp³-hybridized carbons (Fsp3) is 0.353. The normalized spacial score (nSPS) is 16.5. The largest absolute Gasteiger partial charge is 0.479 e.